The Morgan fingerprint density at radius 3 is 1.91 bits per heavy atom. The van der Waals surface area contributed by atoms with Crippen LogP contribution in [0.2, 0.25) is 0 Å². The maximum absolute atomic E-state index is 5.87. The van der Waals surface area contributed by atoms with Gasteiger partial charge in [-0.15, -0.1) is 0 Å². The molecule has 0 aromatic heterocycles. The van der Waals surface area contributed by atoms with Crippen LogP contribution in [0.3, 0.4) is 0 Å². The summed E-state index contributed by atoms with van der Waals surface area (Å²) in [6.07, 6.45) is 3.34. The molecule has 0 aromatic rings. The Morgan fingerprint density at radius 1 is 1.09 bits per heavy atom. The lowest BCUT2D eigenvalue weighted by Crippen LogP contribution is -2.63. The van der Waals surface area contributed by atoms with Gasteiger partial charge in [-0.25, -0.2) is 0 Å². The molecule has 0 aromatic carbocycles. The van der Waals surface area contributed by atoms with Gasteiger partial charge in [-0.05, 0) is 32.6 Å². The summed E-state index contributed by atoms with van der Waals surface area (Å²) in [5, 5.41) is 0. The van der Waals surface area contributed by atoms with Crippen molar-refractivity contribution in [3.05, 3.63) is 0 Å². The highest BCUT2D eigenvalue weighted by Gasteiger charge is 2.60. The highest BCUT2D eigenvalue weighted by Crippen LogP contribution is 2.57. The summed E-state index contributed by atoms with van der Waals surface area (Å²) in [6, 6.07) is 0. The molecule has 0 spiro atoms. The van der Waals surface area contributed by atoms with E-state index in [0.29, 0.717) is 11.5 Å². The molecule has 1 nitrogen and oxygen atoms in total. The normalized spacial score (nSPS) is 39.8. The van der Waals surface area contributed by atoms with Crippen molar-refractivity contribution < 1.29 is 4.74 Å². The minimum absolute atomic E-state index is 0.111. The zero-order valence-corrected chi connectivity index (χ0v) is 7.98. The van der Waals surface area contributed by atoms with Crippen molar-refractivity contribution in [3.63, 3.8) is 0 Å². The van der Waals surface area contributed by atoms with Gasteiger partial charge >= 0.3 is 0 Å². The van der Waals surface area contributed by atoms with E-state index in [-0.39, 0.29) is 5.60 Å². The highest BCUT2D eigenvalue weighted by atomic mass is 16.5. The van der Waals surface area contributed by atoms with Gasteiger partial charge in [-0.3, -0.25) is 0 Å². The predicted molar refractivity (Wildman–Crippen MR) is 45.5 cm³/mol. The van der Waals surface area contributed by atoms with Gasteiger partial charge in [0.25, 0.3) is 0 Å². The van der Waals surface area contributed by atoms with E-state index in [2.05, 4.69) is 27.7 Å². The van der Waals surface area contributed by atoms with Gasteiger partial charge in [0.2, 0.25) is 0 Å². The Balaban J connectivity index is 2.09. The van der Waals surface area contributed by atoms with Gasteiger partial charge in [-0.1, -0.05) is 13.8 Å². The Hall–Kier alpha value is -0.0400. The van der Waals surface area contributed by atoms with Crippen LogP contribution >= 0.6 is 0 Å². The standard InChI is InChI=1S/C10H18O/c1-9(2)8(7-5-6-7)11-10(9,3)4/h7-8H,5-6H2,1-4H3. The molecule has 0 N–H and O–H groups in total. The van der Waals surface area contributed by atoms with E-state index in [1.165, 1.54) is 12.8 Å². The van der Waals surface area contributed by atoms with E-state index in [1.807, 2.05) is 0 Å². The Morgan fingerprint density at radius 2 is 1.64 bits per heavy atom. The van der Waals surface area contributed by atoms with Crippen LogP contribution in [0.5, 0.6) is 0 Å². The van der Waals surface area contributed by atoms with Gasteiger partial charge in [0.15, 0.2) is 0 Å². The smallest absolute Gasteiger partial charge is 0.0706 e. The second-order valence-corrected chi connectivity index (χ2v) is 5.11. The molecule has 0 amide bonds. The summed E-state index contributed by atoms with van der Waals surface area (Å²) in [7, 11) is 0. The molecule has 1 saturated heterocycles. The maximum Gasteiger partial charge on any atom is 0.0706 e. The second-order valence-electron chi connectivity index (χ2n) is 5.11. The van der Waals surface area contributed by atoms with Crippen molar-refractivity contribution >= 4 is 0 Å². The summed E-state index contributed by atoms with van der Waals surface area (Å²) in [5.74, 6) is 0.887. The molecule has 1 aliphatic carbocycles. The fourth-order valence-corrected chi connectivity index (χ4v) is 1.99. The van der Waals surface area contributed by atoms with Crippen molar-refractivity contribution in [2.45, 2.75) is 52.2 Å². The van der Waals surface area contributed by atoms with Gasteiger partial charge in [0.1, 0.15) is 0 Å². The van der Waals surface area contributed by atoms with Crippen LogP contribution in [0.4, 0.5) is 0 Å². The maximum atomic E-state index is 5.87. The van der Waals surface area contributed by atoms with Crippen molar-refractivity contribution in [3.8, 4) is 0 Å². The molecule has 0 radical (unpaired) electrons. The second kappa shape index (κ2) is 1.82. The molecule has 1 aliphatic heterocycles. The quantitative estimate of drug-likeness (QED) is 0.564. The number of rotatable bonds is 1. The third-order valence-electron chi connectivity index (χ3n) is 3.73. The molecule has 1 saturated carbocycles. The van der Waals surface area contributed by atoms with E-state index in [0.717, 1.165) is 5.92 Å². The average Bonchev–Trinajstić information content (AvgIpc) is 2.64. The van der Waals surface area contributed by atoms with E-state index in [4.69, 9.17) is 4.74 Å². The van der Waals surface area contributed by atoms with Gasteiger partial charge < -0.3 is 4.74 Å². The summed E-state index contributed by atoms with van der Waals surface area (Å²) in [6.45, 7) is 9.07. The van der Waals surface area contributed by atoms with Crippen molar-refractivity contribution in [2.75, 3.05) is 0 Å². The van der Waals surface area contributed by atoms with E-state index < -0.39 is 0 Å². The van der Waals surface area contributed by atoms with Gasteiger partial charge in [-0.2, -0.15) is 0 Å². The average molecular weight is 154 g/mol. The zero-order chi connectivity index (χ0) is 8.28. The SMILES string of the molecule is CC1(C)OC(C2CC2)C1(C)C. The first-order chi connectivity index (χ1) is 4.95. The number of ether oxygens (including phenoxy) is 1. The lowest BCUT2D eigenvalue weighted by molar-refractivity contribution is -0.296. The van der Waals surface area contributed by atoms with Crippen molar-refractivity contribution in [1.29, 1.82) is 0 Å². The van der Waals surface area contributed by atoms with Gasteiger partial charge in [0, 0.05) is 5.41 Å². The summed E-state index contributed by atoms with van der Waals surface area (Å²) in [4.78, 5) is 0. The molecular formula is C10H18O. The number of hydrogen-bond donors (Lipinski definition) is 0. The predicted octanol–water partition coefficient (Wildman–Crippen LogP) is 2.60. The third-order valence-corrected chi connectivity index (χ3v) is 3.73. The first-order valence-electron chi connectivity index (χ1n) is 4.63. The van der Waals surface area contributed by atoms with E-state index in [9.17, 15) is 0 Å². The molecule has 11 heavy (non-hydrogen) atoms. The van der Waals surface area contributed by atoms with E-state index >= 15 is 0 Å². The topological polar surface area (TPSA) is 9.23 Å². The summed E-state index contributed by atoms with van der Waals surface area (Å²) < 4.78 is 5.87. The lowest BCUT2D eigenvalue weighted by atomic mass is 9.65. The minimum Gasteiger partial charge on any atom is -0.371 e. The lowest BCUT2D eigenvalue weighted by Gasteiger charge is -2.58. The fourth-order valence-electron chi connectivity index (χ4n) is 1.99. The highest BCUT2D eigenvalue weighted by molar-refractivity contribution is 5.07. The molecule has 64 valence electrons. The zero-order valence-electron chi connectivity index (χ0n) is 7.98. The van der Waals surface area contributed by atoms with Crippen LogP contribution in [0.15, 0.2) is 0 Å². The van der Waals surface area contributed by atoms with Crippen LogP contribution in [0.1, 0.15) is 40.5 Å². The summed E-state index contributed by atoms with van der Waals surface area (Å²) >= 11 is 0. The largest absolute Gasteiger partial charge is 0.371 e. The first kappa shape index (κ1) is 7.60. The Kier molecular flexibility index (Phi) is 1.26. The van der Waals surface area contributed by atoms with Crippen LogP contribution in [-0.4, -0.2) is 11.7 Å². The number of hydrogen-bond acceptors (Lipinski definition) is 1. The van der Waals surface area contributed by atoms with E-state index in [1.54, 1.807) is 0 Å². The van der Waals surface area contributed by atoms with Crippen molar-refractivity contribution in [2.24, 2.45) is 11.3 Å². The monoisotopic (exact) mass is 154 g/mol. The third kappa shape index (κ3) is 0.868. The van der Waals surface area contributed by atoms with Crippen LogP contribution in [0.25, 0.3) is 0 Å². The fraction of sp³-hybridized carbons (Fsp3) is 1.00. The van der Waals surface area contributed by atoms with Crippen LogP contribution in [0, 0.1) is 11.3 Å². The Labute approximate surface area is 69.1 Å². The minimum atomic E-state index is 0.111. The molecule has 2 fully saturated rings. The van der Waals surface area contributed by atoms with Crippen molar-refractivity contribution in [1.82, 2.24) is 0 Å². The Bertz CT molecular complexity index is 177. The first-order valence-corrected chi connectivity index (χ1v) is 4.63. The molecule has 1 atom stereocenters. The molecule has 2 rings (SSSR count). The van der Waals surface area contributed by atoms with Crippen LogP contribution < -0.4 is 0 Å². The molecule has 2 aliphatic rings. The molecule has 1 unspecified atom stereocenters. The molecular weight excluding hydrogens is 136 g/mol. The summed E-state index contributed by atoms with van der Waals surface area (Å²) in [5.41, 5.74) is 0.508. The molecule has 1 heteroatoms. The molecule has 1 heterocycles. The van der Waals surface area contributed by atoms with Gasteiger partial charge in [0.05, 0.1) is 11.7 Å². The molecule has 0 bridgehead atoms. The van der Waals surface area contributed by atoms with Crippen LogP contribution in [-0.2, 0) is 4.74 Å².